The van der Waals surface area contributed by atoms with Crippen molar-refractivity contribution >= 4 is 17.4 Å². The molecule has 1 N–H and O–H groups in total. The SMILES string of the molecule is Cc1cccc(NC(=O)c2cn(-c3cc(N4CCCCC4)ncn3)cn2)c1. The zero-order valence-corrected chi connectivity index (χ0v) is 15.3. The van der Waals surface area contributed by atoms with Gasteiger partial charge in [0.25, 0.3) is 5.91 Å². The third-order valence-corrected chi connectivity index (χ3v) is 4.67. The van der Waals surface area contributed by atoms with E-state index < -0.39 is 0 Å². The van der Waals surface area contributed by atoms with Crippen LogP contribution in [0.1, 0.15) is 35.3 Å². The summed E-state index contributed by atoms with van der Waals surface area (Å²) >= 11 is 0. The fourth-order valence-electron chi connectivity index (χ4n) is 3.26. The molecule has 1 saturated heterocycles. The minimum absolute atomic E-state index is 0.246. The first-order valence-corrected chi connectivity index (χ1v) is 9.18. The highest BCUT2D eigenvalue weighted by Gasteiger charge is 2.15. The quantitative estimate of drug-likeness (QED) is 0.771. The van der Waals surface area contributed by atoms with Crippen LogP contribution >= 0.6 is 0 Å². The van der Waals surface area contributed by atoms with Crippen molar-refractivity contribution in [3.05, 3.63) is 60.4 Å². The van der Waals surface area contributed by atoms with Crippen LogP contribution in [0.4, 0.5) is 11.5 Å². The normalized spacial score (nSPS) is 14.2. The highest BCUT2D eigenvalue weighted by Crippen LogP contribution is 2.19. The zero-order chi connectivity index (χ0) is 18.6. The monoisotopic (exact) mass is 362 g/mol. The van der Waals surface area contributed by atoms with E-state index in [1.54, 1.807) is 23.4 Å². The van der Waals surface area contributed by atoms with Crippen LogP contribution < -0.4 is 10.2 Å². The third-order valence-electron chi connectivity index (χ3n) is 4.67. The fraction of sp³-hybridized carbons (Fsp3) is 0.300. The van der Waals surface area contributed by atoms with Crippen LogP contribution in [0.15, 0.2) is 49.2 Å². The molecule has 3 aromatic rings. The van der Waals surface area contributed by atoms with Crippen LogP contribution in [0.5, 0.6) is 0 Å². The predicted octanol–water partition coefficient (Wildman–Crippen LogP) is 3.21. The summed E-state index contributed by atoms with van der Waals surface area (Å²) in [7, 11) is 0. The average Bonchev–Trinajstić information content (AvgIpc) is 3.19. The zero-order valence-electron chi connectivity index (χ0n) is 15.3. The molecule has 0 saturated carbocycles. The third kappa shape index (κ3) is 3.97. The maximum atomic E-state index is 12.5. The predicted molar refractivity (Wildman–Crippen MR) is 104 cm³/mol. The van der Waals surface area contributed by atoms with Crippen molar-refractivity contribution < 1.29 is 4.79 Å². The topological polar surface area (TPSA) is 75.9 Å². The van der Waals surface area contributed by atoms with Gasteiger partial charge in [-0.15, -0.1) is 0 Å². The number of carbonyl (C=O) groups is 1. The van der Waals surface area contributed by atoms with E-state index in [0.29, 0.717) is 11.5 Å². The van der Waals surface area contributed by atoms with E-state index in [2.05, 4.69) is 25.2 Å². The molecule has 0 atom stereocenters. The van der Waals surface area contributed by atoms with Crippen LogP contribution in [0.2, 0.25) is 0 Å². The molecule has 1 amide bonds. The molecule has 0 bridgehead atoms. The van der Waals surface area contributed by atoms with Gasteiger partial charge in [-0.2, -0.15) is 0 Å². The van der Waals surface area contributed by atoms with Crippen LogP contribution in [-0.2, 0) is 0 Å². The van der Waals surface area contributed by atoms with Gasteiger partial charge in [-0.25, -0.2) is 15.0 Å². The molecule has 1 fully saturated rings. The van der Waals surface area contributed by atoms with Gasteiger partial charge in [0.2, 0.25) is 0 Å². The number of aryl methyl sites for hydroxylation is 1. The number of piperidine rings is 1. The molecule has 7 heteroatoms. The molecule has 1 aromatic carbocycles. The smallest absolute Gasteiger partial charge is 0.275 e. The molecule has 1 aliphatic heterocycles. The van der Waals surface area contributed by atoms with E-state index in [1.807, 2.05) is 37.3 Å². The molecule has 0 spiro atoms. The highest BCUT2D eigenvalue weighted by molar-refractivity contribution is 6.02. The van der Waals surface area contributed by atoms with Gasteiger partial charge in [0.05, 0.1) is 0 Å². The van der Waals surface area contributed by atoms with Crippen molar-refractivity contribution in [2.45, 2.75) is 26.2 Å². The van der Waals surface area contributed by atoms with Gasteiger partial charge in [0.15, 0.2) is 0 Å². The minimum Gasteiger partial charge on any atom is -0.356 e. The standard InChI is InChI=1S/C20H22N6O/c1-15-6-5-7-16(10-15)24-20(27)17-12-26(14-23-17)19-11-18(21-13-22-19)25-8-3-2-4-9-25/h5-7,10-14H,2-4,8-9H2,1H3,(H,24,27). The Labute approximate surface area is 158 Å². The molecule has 2 aromatic heterocycles. The van der Waals surface area contributed by atoms with Crippen molar-refractivity contribution in [1.82, 2.24) is 19.5 Å². The van der Waals surface area contributed by atoms with Gasteiger partial charge in [-0.3, -0.25) is 9.36 Å². The Bertz CT molecular complexity index is 945. The summed E-state index contributed by atoms with van der Waals surface area (Å²) in [5.41, 5.74) is 2.18. The van der Waals surface area contributed by atoms with Gasteiger partial charge in [0, 0.05) is 31.0 Å². The van der Waals surface area contributed by atoms with Gasteiger partial charge >= 0.3 is 0 Å². The van der Waals surface area contributed by atoms with Crippen LogP contribution in [-0.4, -0.2) is 38.5 Å². The number of hydrogen-bond donors (Lipinski definition) is 1. The lowest BCUT2D eigenvalue weighted by Crippen LogP contribution is -2.30. The summed E-state index contributed by atoms with van der Waals surface area (Å²) in [5.74, 6) is 1.37. The molecule has 0 unspecified atom stereocenters. The number of aromatic nitrogens is 4. The first-order valence-electron chi connectivity index (χ1n) is 9.18. The van der Waals surface area contributed by atoms with Crippen molar-refractivity contribution in [2.75, 3.05) is 23.3 Å². The molecule has 1 aliphatic rings. The molecule has 7 nitrogen and oxygen atoms in total. The average molecular weight is 362 g/mol. The Morgan fingerprint density at radius 2 is 1.85 bits per heavy atom. The Morgan fingerprint density at radius 1 is 1.04 bits per heavy atom. The van der Waals surface area contributed by atoms with Crippen molar-refractivity contribution in [3.8, 4) is 5.82 Å². The fourth-order valence-corrected chi connectivity index (χ4v) is 3.26. The van der Waals surface area contributed by atoms with E-state index in [-0.39, 0.29) is 5.91 Å². The van der Waals surface area contributed by atoms with E-state index in [4.69, 9.17) is 0 Å². The summed E-state index contributed by atoms with van der Waals surface area (Å²) in [4.78, 5) is 27.7. The molecule has 27 heavy (non-hydrogen) atoms. The molecule has 138 valence electrons. The van der Waals surface area contributed by atoms with Gasteiger partial charge < -0.3 is 10.2 Å². The van der Waals surface area contributed by atoms with Crippen LogP contribution in [0, 0.1) is 6.92 Å². The van der Waals surface area contributed by atoms with Crippen molar-refractivity contribution in [1.29, 1.82) is 0 Å². The second-order valence-corrected chi connectivity index (χ2v) is 6.77. The Hall–Kier alpha value is -3.22. The molecular formula is C20H22N6O. The van der Waals surface area contributed by atoms with E-state index in [9.17, 15) is 4.79 Å². The molecule has 0 radical (unpaired) electrons. The van der Waals surface area contributed by atoms with Crippen molar-refractivity contribution in [2.24, 2.45) is 0 Å². The molecule has 3 heterocycles. The minimum atomic E-state index is -0.246. The lowest BCUT2D eigenvalue weighted by atomic mass is 10.1. The van der Waals surface area contributed by atoms with E-state index in [1.165, 1.54) is 19.3 Å². The van der Waals surface area contributed by atoms with Crippen LogP contribution in [0.3, 0.4) is 0 Å². The van der Waals surface area contributed by atoms with Gasteiger partial charge in [-0.1, -0.05) is 12.1 Å². The van der Waals surface area contributed by atoms with Crippen molar-refractivity contribution in [3.63, 3.8) is 0 Å². The maximum absolute atomic E-state index is 12.5. The number of nitrogens with one attached hydrogen (secondary N) is 1. The lowest BCUT2D eigenvalue weighted by Gasteiger charge is -2.27. The Morgan fingerprint density at radius 3 is 2.67 bits per heavy atom. The van der Waals surface area contributed by atoms with Gasteiger partial charge in [0.1, 0.15) is 30.0 Å². The van der Waals surface area contributed by atoms with Crippen LogP contribution in [0.25, 0.3) is 5.82 Å². The Kier molecular flexibility index (Phi) is 4.82. The number of hydrogen-bond acceptors (Lipinski definition) is 5. The first kappa shape index (κ1) is 17.2. The number of nitrogens with zero attached hydrogens (tertiary/aromatic N) is 5. The summed E-state index contributed by atoms with van der Waals surface area (Å²) in [6.07, 6.45) is 8.50. The Balaban J connectivity index is 1.51. The number of anilines is 2. The number of rotatable bonds is 4. The highest BCUT2D eigenvalue weighted by atomic mass is 16.1. The summed E-state index contributed by atoms with van der Waals surface area (Å²) in [6.45, 7) is 4.02. The van der Waals surface area contributed by atoms with Gasteiger partial charge in [-0.05, 0) is 43.9 Å². The largest absolute Gasteiger partial charge is 0.356 e. The molecule has 0 aliphatic carbocycles. The van der Waals surface area contributed by atoms with E-state index in [0.717, 1.165) is 30.2 Å². The second-order valence-electron chi connectivity index (χ2n) is 6.77. The number of carbonyl (C=O) groups excluding carboxylic acids is 1. The maximum Gasteiger partial charge on any atom is 0.275 e. The summed E-state index contributed by atoms with van der Waals surface area (Å²) in [6, 6.07) is 9.61. The first-order chi connectivity index (χ1) is 13.2. The number of imidazole rings is 1. The summed E-state index contributed by atoms with van der Waals surface area (Å²) < 4.78 is 1.75. The lowest BCUT2D eigenvalue weighted by molar-refractivity contribution is 0.102. The van der Waals surface area contributed by atoms with E-state index >= 15 is 0 Å². The number of benzene rings is 1. The summed E-state index contributed by atoms with van der Waals surface area (Å²) in [5, 5.41) is 2.87. The second kappa shape index (κ2) is 7.57. The number of amides is 1. The molecular weight excluding hydrogens is 340 g/mol. The molecule has 4 rings (SSSR count).